The Morgan fingerprint density at radius 1 is 1.36 bits per heavy atom. The second-order valence-corrected chi connectivity index (χ2v) is 8.49. The highest BCUT2D eigenvalue weighted by atomic mass is 79.9. The van der Waals surface area contributed by atoms with Crippen LogP contribution in [0.25, 0.3) is 11.2 Å². The topological polar surface area (TPSA) is 187 Å². The minimum Gasteiger partial charge on any atom is -0.394 e. The van der Waals surface area contributed by atoms with Gasteiger partial charge < -0.3 is 30.7 Å². The van der Waals surface area contributed by atoms with Crippen LogP contribution in [0.2, 0.25) is 0 Å². The summed E-state index contributed by atoms with van der Waals surface area (Å²) in [6.45, 7) is -0.518. The number of aromatic nitrogens is 4. The van der Waals surface area contributed by atoms with Gasteiger partial charge in [0.1, 0.15) is 18.3 Å². The van der Waals surface area contributed by atoms with Crippen molar-refractivity contribution in [2.45, 2.75) is 24.5 Å². The molecule has 4 atom stereocenters. The van der Waals surface area contributed by atoms with Gasteiger partial charge in [-0.2, -0.15) is 10.1 Å². The van der Waals surface area contributed by atoms with Gasteiger partial charge in [0.05, 0.1) is 18.5 Å². The van der Waals surface area contributed by atoms with E-state index in [9.17, 15) is 20.1 Å². The summed E-state index contributed by atoms with van der Waals surface area (Å²) in [5, 5.41) is 34.3. The van der Waals surface area contributed by atoms with E-state index in [2.05, 4.69) is 41.4 Å². The highest BCUT2D eigenvalue weighted by Gasteiger charge is 2.45. The van der Waals surface area contributed by atoms with Crippen LogP contribution in [0.5, 0.6) is 0 Å². The third kappa shape index (κ3) is 4.30. The summed E-state index contributed by atoms with van der Waals surface area (Å²) in [7, 11) is 3.86. The Labute approximate surface area is 195 Å². The van der Waals surface area contributed by atoms with Gasteiger partial charge in [-0.1, -0.05) is 6.07 Å². The fourth-order valence-electron chi connectivity index (χ4n) is 3.54. The zero-order valence-corrected chi connectivity index (χ0v) is 19.3. The molecule has 0 bridgehead atoms. The van der Waals surface area contributed by atoms with Crippen LogP contribution in [0.15, 0.2) is 32.6 Å². The number of hydrogen-bond acceptors (Lipinski definition) is 11. The Morgan fingerprint density at radius 2 is 2.12 bits per heavy atom. The zero-order valence-electron chi connectivity index (χ0n) is 17.7. The number of nitrogens with two attached hydrogens (primary N) is 1. The number of nitrogen functional groups attached to an aromatic ring is 1. The summed E-state index contributed by atoms with van der Waals surface area (Å²) < 4.78 is 7.75. The largest absolute Gasteiger partial charge is 0.394 e. The monoisotopic (exact) mass is 522 g/mol. The number of aromatic amines is 1. The van der Waals surface area contributed by atoms with Crippen LogP contribution in [0, 0.1) is 0 Å². The smallest absolute Gasteiger partial charge is 0.280 e. The fraction of sp³-hybridized carbons (Fsp3) is 0.368. The van der Waals surface area contributed by atoms with E-state index in [1.807, 2.05) is 37.2 Å². The van der Waals surface area contributed by atoms with Gasteiger partial charge >= 0.3 is 0 Å². The lowest BCUT2D eigenvalue weighted by Crippen LogP contribution is -2.33. The lowest BCUT2D eigenvalue weighted by atomic mass is 10.1. The van der Waals surface area contributed by atoms with Crippen molar-refractivity contribution in [3.8, 4) is 0 Å². The Bertz CT molecular complexity index is 1260. The van der Waals surface area contributed by atoms with Crippen LogP contribution in [0.4, 0.5) is 17.6 Å². The predicted molar refractivity (Wildman–Crippen MR) is 125 cm³/mol. The first-order chi connectivity index (χ1) is 15.7. The first-order valence-corrected chi connectivity index (χ1v) is 10.7. The van der Waals surface area contributed by atoms with E-state index in [0.29, 0.717) is 0 Å². The zero-order chi connectivity index (χ0) is 23.9. The van der Waals surface area contributed by atoms with Gasteiger partial charge in [-0.25, -0.2) is 10.4 Å². The number of rotatable bonds is 6. The van der Waals surface area contributed by atoms with E-state index in [4.69, 9.17) is 10.5 Å². The molecule has 0 saturated carbocycles. The van der Waals surface area contributed by atoms with Gasteiger partial charge in [0, 0.05) is 18.6 Å². The third-order valence-corrected chi connectivity index (χ3v) is 5.81. The number of ether oxygens (including phenoxy) is 1. The molecule has 0 aliphatic carbocycles. The van der Waals surface area contributed by atoms with E-state index in [-0.39, 0.29) is 23.1 Å². The van der Waals surface area contributed by atoms with Gasteiger partial charge in [0.15, 0.2) is 17.4 Å². The highest BCUT2D eigenvalue weighted by Crippen LogP contribution is 2.34. The molecule has 176 valence electrons. The minimum absolute atomic E-state index is 0.0156. The average Bonchev–Trinajstić information content (AvgIpc) is 3.25. The first-order valence-electron chi connectivity index (χ1n) is 9.87. The Balaban J connectivity index is 1.71. The summed E-state index contributed by atoms with van der Waals surface area (Å²) in [6.07, 6.45) is -3.49. The SMILES string of the molecule is CN(C)c1ccc(/C=N\Nc2nc3c(=O)[nH]c(N)nc3n2[C@@H]2O[C@H](CO)[C@H](O)[C@@H]2O)cc1Br. The van der Waals surface area contributed by atoms with E-state index in [1.165, 1.54) is 10.8 Å². The molecule has 7 N–H and O–H groups in total. The number of fused-ring (bicyclic) bond motifs is 1. The number of halogens is 1. The molecule has 1 saturated heterocycles. The van der Waals surface area contributed by atoms with Crippen molar-refractivity contribution >= 4 is 50.9 Å². The molecule has 3 aromatic rings. The van der Waals surface area contributed by atoms with Crippen LogP contribution in [-0.2, 0) is 4.74 Å². The second kappa shape index (κ2) is 9.07. The van der Waals surface area contributed by atoms with Crippen molar-refractivity contribution in [2.75, 3.05) is 36.8 Å². The summed E-state index contributed by atoms with van der Waals surface area (Å²) >= 11 is 3.52. The number of anilines is 3. The maximum absolute atomic E-state index is 12.3. The van der Waals surface area contributed by atoms with E-state index in [1.54, 1.807) is 0 Å². The Morgan fingerprint density at radius 3 is 2.76 bits per heavy atom. The number of aliphatic hydroxyl groups is 3. The van der Waals surface area contributed by atoms with Crippen molar-refractivity contribution in [3.05, 3.63) is 38.6 Å². The fourth-order valence-corrected chi connectivity index (χ4v) is 4.30. The van der Waals surface area contributed by atoms with E-state index >= 15 is 0 Å². The number of hydrazone groups is 1. The molecular formula is C19H23BrN8O5. The molecule has 1 aliphatic heterocycles. The summed E-state index contributed by atoms with van der Waals surface area (Å²) in [6, 6.07) is 5.67. The molecule has 3 heterocycles. The number of hydrogen-bond donors (Lipinski definition) is 6. The van der Waals surface area contributed by atoms with Gasteiger partial charge in [-0.3, -0.25) is 14.3 Å². The van der Waals surface area contributed by atoms with E-state index < -0.39 is 36.7 Å². The van der Waals surface area contributed by atoms with Crippen molar-refractivity contribution in [3.63, 3.8) is 0 Å². The number of nitrogens with one attached hydrogen (secondary N) is 2. The van der Waals surface area contributed by atoms with Gasteiger partial charge in [0.25, 0.3) is 5.56 Å². The maximum Gasteiger partial charge on any atom is 0.280 e. The maximum atomic E-state index is 12.3. The third-order valence-electron chi connectivity index (χ3n) is 5.17. The van der Waals surface area contributed by atoms with Crippen molar-refractivity contribution in [1.82, 2.24) is 19.5 Å². The second-order valence-electron chi connectivity index (χ2n) is 7.63. The molecule has 33 heavy (non-hydrogen) atoms. The van der Waals surface area contributed by atoms with Crippen molar-refractivity contribution in [2.24, 2.45) is 5.10 Å². The summed E-state index contributed by atoms with van der Waals surface area (Å²) in [5.74, 6) is -0.148. The van der Waals surface area contributed by atoms with Crippen LogP contribution in [0.1, 0.15) is 11.8 Å². The van der Waals surface area contributed by atoms with Crippen molar-refractivity contribution < 1.29 is 20.1 Å². The van der Waals surface area contributed by atoms with Crippen molar-refractivity contribution in [1.29, 1.82) is 0 Å². The lowest BCUT2D eigenvalue weighted by molar-refractivity contribution is -0.0501. The van der Waals surface area contributed by atoms with Gasteiger partial charge in [-0.05, 0) is 33.6 Å². The molecular weight excluding hydrogens is 500 g/mol. The Hall–Kier alpha value is -3.04. The molecule has 13 nitrogen and oxygen atoms in total. The van der Waals surface area contributed by atoms with Crippen LogP contribution in [-0.4, -0.2) is 80.1 Å². The van der Waals surface area contributed by atoms with Crippen LogP contribution < -0.4 is 21.6 Å². The number of H-pyrrole nitrogens is 1. The standard InChI is InChI=1S/C19H23BrN8O5/c1-27(2)10-4-3-8(5-9(10)20)6-22-26-19-23-12-15(24-18(21)25-16(12)32)28(19)17-14(31)13(30)11(7-29)33-17/h3-6,11,13-14,17,29-31H,7H2,1-2H3,(H,23,26)(H3,21,24,25,32)/b22-6-/t11-,13+,14+,17-/m1/s1. The normalized spacial score (nSPS) is 23.0. The summed E-state index contributed by atoms with van der Waals surface area (Å²) in [5.41, 5.74) is 9.52. The van der Waals surface area contributed by atoms with Gasteiger partial charge in [-0.15, -0.1) is 0 Å². The van der Waals surface area contributed by atoms with Gasteiger partial charge in [0.2, 0.25) is 11.9 Å². The first kappa shape index (κ1) is 23.1. The number of imidazole rings is 1. The quantitative estimate of drug-likeness (QED) is 0.183. The Kier molecular flexibility index (Phi) is 6.36. The predicted octanol–water partition coefficient (Wildman–Crippen LogP) is -0.412. The van der Waals surface area contributed by atoms with E-state index in [0.717, 1.165) is 15.7 Å². The highest BCUT2D eigenvalue weighted by molar-refractivity contribution is 9.10. The molecule has 1 aromatic carbocycles. The molecule has 4 rings (SSSR count). The number of benzene rings is 1. The van der Waals surface area contributed by atoms with Crippen LogP contribution >= 0.6 is 15.9 Å². The molecule has 0 radical (unpaired) electrons. The molecule has 0 unspecified atom stereocenters. The molecule has 2 aromatic heterocycles. The minimum atomic E-state index is -1.43. The average molecular weight is 523 g/mol. The summed E-state index contributed by atoms with van der Waals surface area (Å²) in [4.78, 5) is 25.0. The molecule has 14 heteroatoms. The lowest BCUT2D eigenvalue weighted by Gasteiger charge is -2.18. The molecule has 1 aliphatic rings. The molecule has 1 fully saturated rings. The molecule has 0 spiro atoms. The number of aliphatic hydroxyl groups excluding tert-OH is 3. The van der Waals surface area contributed by atoms with Crippen LogP contribution in [0.3, 0.4) is 0 Å². The molecule has 0 amide bonds. The number of nitrogens with zero attached hydrogens (tertiary/aromatic N) is 5.